The second kappa shape index (κ2) is 10.2. The summed E-state index contributed by atoms with van der Waals surface area (Å²) in [4.78, 5) is 17.0. The maximum absolute atomic E-state index is 12.3. The Kier molecular flexibility index (Phi) is 8.20. The number of hydrogen-bond donors (Lipinski definition) is 0. The summed E-state index contributed by atoms with van der Waals surface area (Å²) in [6.07, 6.45) is 1.59. The van der Waals surface area contributed by atoms with Crippen molar-refractivity contribution in [2.24, 2.45) is 11.0 Å². The number of benzene rings is 1. The highest BCUT2D eigenvalue weighted by Gasteiger charge is 2.30. The zero-order chi connectivity index (χ0) is 19.9. The first-order chi connectivity index (χ1) is 12.8. The molecule has 1 amide bonds. The van der Waals surface area contributed by atoms with Crippen LogP contribution < -0.4 is 0 Å². The van der Waals surface area contributed by atoms with E-state index in [1.807, 2.05) is 17.0 Å². The molecular formula is C19H29BrN4O2Si. The third-order valence-electron chi connectivity index (χ3n) is 5.08. The number of azide groups is 1. The fourth-order valence-corrected chi connectivity index (χ4v) is 4.36. The van der Waals surface area contributed by atoms with Gasteiger partial charge in [0.2, 0.25) is 0 Å². The van der Waals surface area contributed by atoms with Crippen LogP contribution in [0.1, 0.15) is 24.3 Å². The molecule has 1 aromatic carbocycles. The van der Waals surface area contributed by atoms with Gasteiger partial charge in [0, 0.05) is 37.1 Å². The normalized spacial score (nSPS) is 16.5. The topological polar surface area (TPSA) is 78.3 Å². The summed E-state index contributed by atoms with van der Waals surface area (Å²) in [5, 5.41) is 3.83. The number of halogens is 1. The van der Waals surface area contributed by atoms with Gasteiger partial charge in [0.05, 0.1) is 6.61 Å². The van der Waals surface area contributed by atoms with E-state index in [0.717, 1.165) is 23.4 Å². The average Bonchev–Trinajstić information content (AvgIpc) is 2.63. The molecule has 6 nitrogen and oxygen atoms in total. The van der Waals surface area contributed by atoms with Gasteiger partial charge >= 0.3 is 6.09 Å². The summed E-state index contributed by atoms with van der Waals surface area (Å²) in [6.45, 7) is 9.19. The minimum atomic E-state index is -1.19. The van der Waals surface area contributed by atoms with Crippen molar-refractivity contribution in [1.29, 1.82) is 0 Å². The Bertz CT molecular complexity index is 663. The van der Waals surface area contributed by atoms with Gasteiger partial charge in [-0.15, -0.1) is 0 Å². The molecule has 0 saturated carbocycles. The highest BCUT2D eigenvalue weighted by molar-refractivity contribution is 9.10. The minimum Gasteiger partial charge on any atom is -0.450 e. The number of nitrogens with zero attached hydrogens (tertiary/aromatic N) is 4. The molecule has 2 rings (SSSR count). The van der Waals surface area contributed by atoms with Crippen molar-refractivity contribution < 1.29 is 9.53 Å². The Morgan fingerprint density at radius 2 is 1.96 bits per heavy atom. The van der Waals surface area contributed by atoms with Crippen LogP contribution in [0.15, 0.2) is 33.9 Å². The van der Waals surface area contributed by atoms with Gasteiger partial charge in [0.25, 0.3) is 0 Å². The summed E-state index contributed by atoms with van der Waals surface area (Å²) >= 11 is 3.46. The Hall–Kier alpha value is -1.50. The van der Waals surface area contributed by atoms with Gasteiger partial charge in [-0.2, -0.15) is 0 Å². The molecule has 1 fully saturated rings. The highest BCUT2D eigenvalue weighted by atomic mass is 79.9. The molecule has 8 heteroatoms. The van der Waals surface area contributed by atoms with Gasteiger partial charge in [-0.05, 0) is 53.9 Å². The Labute approximate surface area is 171 Å². The number of amides is 1. The van der Waals surface area contributed by atoms with Crippen molar-refractivity contribution in [3.05, 3.63) is 44.7 Å². The van der Waals surface area contributed by atoms with Crippen molar-refractivity contribution in [2.45, 2.75) is 44.4 Å². The van der Waals surface area contributed by atoms with Crippen LogP contribution >= 0.6 is 15.9 Å². The summed E-state index contributed by atoms with van der Waals surface area (Å²) in [6, 6.07) is 9.19. The van der Waals surface area contributed by atoms with E-state index in [1.165, 1.54) is 5.56 Å². The van der Waals surface area contributed by atoms with Crippen molar-refractivity contribution in [1.82, 2.24) is 4.90 Å². The molecule has 148 valence electrons. The predicted octanol–water partition coefficient (Wildman–Crippen LogP) is 6.03. The summed E-state index contributed by atoms with van der Waals surface area (Å²) in [7, 11) is -1.19. The molecule has 0 radical (unpaired) electrons. The number of carbonyl (C=O) groups is 1. The summed E-state index contributed by atoms with van der Waals surface area (Å²) in [5.41, 5.74) is 9.93. The second-order valence-corrected chi connectivity index (χ2v) is 14.9. The Balaban J connectivity index is 1.91. The number of piperidine rings is 1. The third-order valence-corrected chi connectivity index (χ3v) is 7.32. The van der Waals surface area contributed by atoms with E-state index in [2.05, 4.69) is 57.7 Å². The van der Waals surface area contributed by atoms with Crippen molar-refractivity contribution >= 4 is 30.1 Å². The van der Waals surface area contributed by atoms with E-state index in [1.54, 1.807) is 0 Å². The Morgan fingerprint density at radius 1 is 1.33 bits per heavy atom. The largest absolute Gasteiger partial charge is 0.450 e. The molecule has 0 aliphatic carbocycles. The van der Waals surface area contributed by atoms with E-state index in [-0.39, 0.29) is 12.0 Å². The van der Waals surface area contributed by atoms with Gasteiger partial charge in [-0.1, -0.05) is 52.8 Å². The maximum Gasteiger partial charge on any atom is 0.409 e. The minimum absolute atomic E-state index is 0.180. The molecule has 1 aliphatic rings. The van der Waals surface area contributed by atoms with Crippen LogP contribution in [0.4, 0.5) is 4.79 Å². The number of likely N-dealkylation sites (tertiary alicyclic amines) is 1. The van der Waals surface area contributed by atoms with Crippen molar-refractivity contribution in [2.75, 3.05) is 26.2 Å². The molecule has 0 spiro atoms. The van der Waals surface area contributed by atoms with E-state index in [9.17, 15) is 4.79 Å². The average molecular weight is 453 g/mol. The van der Waals surface area contributed by atoms with Crippen LogP contribution in [0.3, 0.4) is 0 Å². The molecule has 0 aromatic heterocycles. The van der Waals surface area contributed by atoms with Gasteiger partial charge in [0.1, 0.15) is 0 Å². The van der Waals surface area contributed by atoms with E-state index in [4.69, 9.17) is 10.3 Å². The standard InChI is InChI=1S/C19H29BrN4O2Si/c1-27(2,3)13-12-26-19(25)24-10-8-16(9-11-24)18(14-22-23-21)15-4-6-17(20)7-5-15/h4-7,16,18H,8-14H2,1-3H3. The fourth-order valence-electron chi connectivity index (χ4n) is 3.38. The molecule has 1 aromatic rings. The highest BCUT2D eigenvalue weighted by Crippen LogP contribution is 2.34. The number of rotatable bonds is 7. The van der Waals surface area contributed by atoms with Gasteiger partial charge in [0.15, 0.2) is 0 Å². The molecule has 1 atom stereocenters. The first-order valence-corrected chi connectivity index (χ1v) is 14.0. The molecular weight excluding hydrogens is 424 g/mol. The van der Waals surface area contributed by atoms with Gasteiger partial charge in [-0.3, -0.25) is 0 Å². The van der Waals surface area contributed by atoms with Crippen LogP contribution in [0.5, 0.6) is 0 Å². The van der Waals surface area contributed by atoms with E-state index < -0.39 is 8.07 Å². The summed E-state index contributed by atoms with van der Waals surface area (Å²) in [5.74, 6) is 0.571. The van der Waals surface area contributed by atoms with Crippen LogP contribution in [0.25, 0.3) is 10.4 Å². The SMILES string of the molecule is C[Si](C)(C)CCOC(=O)N1CCC(C(CN=[N+]=[N-])c2ccc(Br)cc2)CC1. The van der Waals surface area contributed by atoms with Crippen molar-refractivity contribution in [3.8, 4) is 0 Å². The zero-order valence-electron chi connectivity index (χ0n) is 16.4. The lowest BCUT2D eigenvalue weighted by Gasteiger charge is -2.35. The fraction of sp³-hybridized carbons (Fsp3) is 0.632. The van der Waals surface area contributed by atoms with E-state index >= 15 is 0 Å². The summed E-state index contributed by atoms with van der Waals surface area (Å²) < 4.78 is 6.50. The van der Waals surface area contributed by atoms with E-state index in [0.29, 0.717) is 32.2 Å². The quantitative estimate of drug-likeness (QED) is 0.219. The lowest BCUT2D eigenvalue weighted by Crippen LogP contribution is -2.40. The van der Waals surface area contributed by atoms with Gasteiger partial charge < -0.3 is 9.64 Å². The third kappa shape index (κ3) is 7.20. The number of ether oxygens (including phenoxy) is 1. The maximum atomic E-state index is 12.3. The molecule has 27 heavy (non-hydrogen) atoms. The molecule has 1 heterocycles. The first-order valence-electron chi connectivity index (χ1n) is 9.48. The lowest BCUT2D eigenvalue weighted by atomic mass is 9.80. The molecule has 0 bridgehead atoms. The lowest BCUT2D eigenvalue weighted by molar-refractivity contribution is 0.0888. The molecule has 0 N–H and O–H groups in total. The number of carbonyl (C=O) groups excluding carboxylic acids is 1. The zero-order valence-corrected chi connectivity index (χ0v) is 19.0. The van der Waals surface area contributed by atoms with Crippen LogP contribution in [0.2, 0.25) is 25.7 Å². The second-order valence-electron chi connectivity index (χ2n) is 8.32. The molecule has 1 saturated heterocycles. The van der Waals surface area contributed by atoms with Crippen LogP contribution in [0, 0.1) is 5.92 Å². The molecule has 1 unspecified atom stereocenters. The first kappa shape index (κ1) is 21.8. The van der Waals surface area contributed by atoms with Gasteiger partial charge in [-0.25, -0.2) is 4.79 Å². The Morgan fingerprint density at radius 3 is 2.52 bits per heavy atom. The van der Waals surface area contributed by atoms with Crippen molar-refractivity contribution in [3.63, 3.8) is 0 Å². The van der Waals surface area contributed by atoms with Crippen LogP contribution in [-0.2, 0) is 4.74 Å². The van der Waals surface area contributed by atoms with Crippen LogP contribution in [-0.4, -0.2) is 45.3 Å². The monoisotopic (exact) mass is 452 g/mol. The molecule has 1 aliphatic heterocycles. The predicted molar refractivity (Wildman–Crippen MR) is 115 cm³/mol. The number of hydrogen-bond acceptors (Lipinski definition) is 3. The smallest absolute Gasteiger partial charge is 0.409 e.